The van der Waals surface area contributed by atoms with Crippen molar-refractivity contribution in [2.45, 2.75) is 13.0 Å². The van der Waals surface area contributed by atoms with Gasteiger partial charge in [0.25, 0.3) is 0 Å². The number of nitrogens with two attached hydrogens (primary N) is 1. The minimum Gasteiger partial charge on any atom is -0.492 e. The van der Waals surface area contributed by atoms with Gasteiger partial charge in [-0.1, -0.05) is 18.2 Å². The summed E-state index contributed by atoms with van der Waals surface area (Å²) in [6, 6.07) is 10.2. The van der Waals surface area contributed by atoms with Gasteiger partial charge in [-0.2, -0.15) is 0 Å². The van der Waals surface area contributed by atoms with Gasteiger partial charge in [0.2, 0.25) is 0 Å². The van der Waals surface area contributed by atoms with Gasteiger partial charge in [0.15, 0.2) is 0 Å². The van der Waals surface area contributed by atoms with Crippen molar-refractivity contribution < 1.29 is 13.5 Å². The molecule has 1 unspecified atom stereocenters. The highest BCUT2D eigenvalue weighted by Gasteiger charge is 2.13. The van der Waals surface area contributed by atoms with Gasteiger partial charge in [0.05, 0.1) is 6.04 Å². The molecule has 2 aromatic carbocycles. The Bertz CT molecular complexity index is 572. The number of halogens is 2. The second-order valence-corrected chi connectivity index (χ2v) is 4.40. The Kier molecular flexibility index (Phi) is 4.12. The molecule has 2 N–H and O–H groups in total. The molecule has 100 valence electrons. The van der Waals surface area contributed by atoms with Crippen LogP contribution in [-0.2, 0) is 0 Å². The van der Waals surface area contributed by atoms with Gasteiger partial charge in [0.1, 0.15) is 24.0 Å². The second kappa shape index (κ2) is 5.80. The van der Waals surface area contributed by atoms with Crippen LogP contribution in [0.15, 0.2) is 42.5 Å². The number of aryl methyl sites for hydroxylation is 1. The van der Waals surface area contributed by atoms with E-state index in [0.29, 0.717) is 5.75 Å². The van der Waals surface area contributed by atoms with E-state index in [1.54, 1.807) is 6.07 Å². The normalized spacial score (nSPS) is 12.2. The molecule has 4 heteroatoms. The third kappa shape index (κ3) is 3.51. The lowest BCUT2D eigenvalue weighted by atomic mass is 10.1. The van der Waals surface area contributed by atoms with Crippen molar-refractivity contribution in [1.29, 1.82) is 0 Å². The third-order valence-corrected chi connectivity index (χ3v) is 2.78. The fourth-order valence-corrected chi connectivity index (χ4v) is 1.78. The molecule has 0 aliphatic carbocycles. The fraction of sp³-hybridized carbons (Fsp3) is 0.200. The van der Waals surface area contributed by atoms with Crippen LogP contribution in [0, 0.1) is 18.6 Å². The van der Waals surface area contributed by atoms with E-state index in [9.17, 15) is 8.78 Å². The highest BCUT2D eigenvalue weighted by Crippen LogP contribution is 2.19. The molecular weight excluding hydrogens is 248 g/mol. The van der Waals surface area contributed by atoms with E-state index in [-0.39, 0.29) is 12.2 Å². The maximum absolute atomic E-state index is 13.5. The number of benzene rings is 2. The summed E-state index contributed by atoms with van der Waals surface area (Å²) in [6.07, 6.45) is 0. The van der Waals surface area contributed by atoms with Crippen LogP contribution in [0.2, 0.25) is 0 Å². The molecule has 2 rings (SSSR count). The van der Waals surface area contributed by atoms with E-state index in [0.717, 1.165) is 11.6 Å². The second-order valence-electron chi connectivity index (χ2n) is 4.40. The van der Waals surface area contributed by atoms with Gasteiger partial charge in [0, 0.05) is 11.6 Å². The molecule has 0 spiro atoms. The largest absolute Gasteiger partial charge is 0.492 e. The first-order valence-corrected chi connectivity index (χ1v) is 5.96. The molecule has 0 bridgehead atoms. The average molecular weight is 263 g/mol. The molecule has 0 aliphatic rings. The summed E-state index contributed by atoms with van der Waals surface area (Å²) in [5, 5.41) is 0. The Balaban J connectivity index is 2.03. The molecule has 1 atom stereocenters. The Morgan fingerprint density at radius 1 is 1.16 bits per heavy atom. The number of hydrogen-bond acceptors (Lipinski definition) is 2. The lowest BCUT2D eigenvalue weighted by Crippen LogP contribution is -2.20. The first-order valence-electron chi connectivity index (χ1n) is 5.96. The van der Waals surface area contributed by atoms with Crippen LogP contribution in [0.25, 0.3) is 0 Å². The zero-order valence-electron chi connectivity index (χ0n) is 10.6. The molecule has 2 nitrogen and oxygen atoms in total. The standard InChI is InChI=1S/C15H15F2NO/c1-10-3-2-4-12(7-10)19-9-15(18)13-6-5-11(16)8-14(13)17/h2-8,15H,9,18H2,1H3. The molecule has 0 amide bonds. The number of rotatable bonds is 4. The monoisotopic (exact) mass is 263 g/mol. The topological polar surface area (TPSA) is 35.2 Å². The molecular formula is C15H15F2NO. The van der Waals surface area contributed by atoms with Crippen molar-refractivity contribution in [2.75, 3.05) is 6.61 Å². The average Bonchev–Trinajstić information content (AvgIpc) is 2.36. The van der Waals surface area contributed by atoms with Gasteiger partial charge < -0.3 is 10.5 Å². The van der Waals surface area contributed by atoms with Crippen LogP contribution in [0.1, 0.15) is 17.2 Å². The van der Waals surface area contributed by atoms with Crippen molar-refractivity contribution in [3.05, 3.63) is 65.2 Å². The Morgan fingerprint density at radius 3 is 2.63 bits per heavy atom. The number of hydrogen-bond donors (Lipinski definition) is 1. The van der Waals surface area contributed by atoms with Crippen LogP contribution < -0.4 is 10.5 Å². The third-order valence-electron chi connectivity index (χ3n) is 2.78. The van der Waals surface area contributed by atoms with E-state index in [1.165, 1.54) is 12.1 Å². The molecule has 2 aromatic rings. The summed E-state index contributed by atoms with van der Waals surface area (Å²) in [5.74, 6) is -0.591. The van der Waals surface area contributed by atoms with E-state index in [4.69, 9.17) is 10.5 Å². The maximum Gasteiger partial charge on any atom is 0.131 e. The van der Waals surface area contributed by atoms with E-state index in [2.05, 4.69) is 0 Å². The predicted octanol–water partition coefficient (Wildman–Crippen LogP) is 3.35. The predicted molar refractivity (Wildman–Crippen MR) is 70.0 cm³/mol. The summed E-state index contributed by atoms with van der Waals surface area (Å²) < 4.78 is 31.8. The van der Waals surface area contributed by atoms with Crippen molar-refractivity contribution in [3.8, 4) is 5.75 Å². The van der Waals surface area contributed by atoms with Gasteiger partial charge in [-0.25, -0.2) is 8.78 Å². The summed E-state index contributed by atoms with van der Waals surface area (Å²) in [5.41, 5.74) is 7.16. The summed E-state index contributed by atoms with van der Waals surface area (Å²) >= 11 is 0. The SMILES string of the molecule is Cc1cccc(OCC(N)c2ccc(F)cc2F)c1. The van der Waals surface area contributed by atoms with Crippen LogP contribution in [0.3, 0.4) is 0 Å². The number of ether oxygens (including phenoxy) is 1. The van der Waals surface area contributed by atoms with Crippen molar-refractivity contribution in [1.82, 2.24) is 0 Å². The van der Waals surface area contributed by atoms with E-state index < -0.39 is 17.7 Å². The fourth-order valence-electron chi connectivity index (χ4n) is 1.78. The molecule has 19 heavy (non-hydrogen) atoms. The smallest absolute Gasteiger partial charge is 0.131 e. The molecule has 0 heterocycles. The lowest BCUT2D eigenvalue weighted by Gasteiger charge is -2.14. The van der Waals surface area contributed by atoms with Crippen molar-refractivity contribution in [2.24, 2.45) is 5.73 Å². The highest BCUT2D eigenvalue weighted by molar-refractivity contribution is 5.28. The summed E-state index contributed by atoms with van der Waals surface area (Å²) in [6.45, 7) is 2.08. The molecule has 0 saturated carbocycles. The minimum absolute atomic E-state index is 0.131. The van der Waals surface area contributed by atoms with Crippen LogP contribution >= 0.6 is 0 Å². The van der Waals surface area contributed by atoms with E-state index >= 15 is 0 Å². The zero-order valence-corrected chi connectivity index (χ0v) is 10.6. The highest BCUT2D eigenvalue weighted by atomic mass is 19.1. The molecule has 0 fully saturated rings. The summed E-state index contributed by atoms with van der Waals surface area (Å²) in [4.78, 5) is 0. The Morgan fingerprint density at radius 2 is 1.95 bits per heavy atom. The Hall–Kier alpha value is -1.94. The Labute approximate surface area is 110 Å². The van der Waals surface area contributed by atoms with Crippen LogP contribution in [0.5, 0.6) is 5.75 Å². The minimum atomic E-state index is -0.652. The van der Waals surface area contributed by atoms with Crippen LogP contribution in [-0.4, -0.2) is 6.61 Å². The quantitative estimate of drug-likeness (QED) is 0.918. The van der Waals surface area contributed by atoms with Crippen molar-refractivity contribution >= 4 is 0 Å². The van der Waals surface area contributed by atoms with Gasteiger partial charge in [-0.15, -0.1) is 0 Å². The maximum atomic E-state index is 13.5. The van der Waals surface area contributed by atoms with Gasteiger partial charge in [-0.05, 0) is 30.7 Å². The first kappa shape index (κ1) is 13.5. The zero-order chi connectivity index (χ0) is 13.8. The molecule has 0 saturated heterocycles. The lowest BCUT2D eigenvalue weighted by molar-refractivity contribution is 0.287. The first-order chi connectivity index (χ1) is 9.06. The molecule has 0 radical (unpaired) electrons. The van der Waals surface area contributed by atoms with Crippen molar-refractivity contribution in [3.63, 3.8) is 0 Å². The summed E-state index contributed by atoms with van der Waals surface area (Å²) in [7, 11) is 0. The molecule has 0 aromatic heterocycles. The van der Waals surface area contributed by atoms with E-state index in [1.807, 2.05) is 25.1 Å². The van der Waals surface area contributed by atoms with Crippen LogP contribution in [0.4, 0.5) is 8.78 Å². The molecule has 0 aliphatic heterocycles. The van der Waals surface area contributed by atoms with Gasteiger partial charge in [-0.3, -0.25) is 0 Å². The van der Waals surface area contributed by atoms with Gasteiger partial charge >= 0.3 is 0 Å².